The molecule has 21 heavy (non-hydrogen) atoms. The van der Waals surface area contributed by atoms with Gasteiger partial charge in [0.2, 0.25) is 0 Å². The number of hydrogen-bond acceptors (Lipinski definition) is 4. The van der Waals surface area contributed by atoms with Gasteiger partial charge in [0, 0.05) is 17.3 Å². The quantitative estimate of drug-likeness (QED) is 0.741. The second-order valence-electron chi connectivity index (χ2n) is 4.90. The number of aromatic nitrogens is 3. The van der Waals surface area contributed by atoms with E-state index in [2.05, 4.69) is 10.1 Å². The van der Waals surface area contributed by atoms with Crippen LogP contribution in [0.4, 0.5) is 0 Å². The highest BCUT2D eigenvalue weighted by atomic mass is 16.5. The molecule has 0 bridgehead atoms. The van der Waals surface area contributed by atoms with Crippen LogP contribution in [0.15, 0.2) is 30.5 Å². The van der Waals surface area contributed by atoms with Crippen molar-refractivity contribution >= 4 is 10.8 Å². The maximum absolute atomic E-state index is 5.39. The Kier molecular flexibility index (Phi) is 3.25. The first kappa shape index (κ1) is 13.4. The molecule has 108 valence electrons. The number of benzene rings is 1. The summed E-state index contributed by atoms with van der Waals surface area (Å²) in [6.45, 7) is 3.99. The number of rotatable bonds is 3. The summed E-state index contributed by atoms with van der Waals surface area (Å²) in [4.78, 5) is 4.49. The maximum Gasteiger partial charge on any atom is 0.161 e. The molecule has 0 N–H and O–H groups in total. The zero-order valence-corrected chi connectivity index (χ0v) is 12.5. The minimum atomic E-state index is 0.681. The molecule has 0 atom stereocenters. The summed E-state index contributed by atoms with van der Waals surface area (Å²) in [5, 5.41) is 6.52. The van der Waals surface area contributed by atoms with E-state index in [4.69, 9.17) is 9.47 Å². The predicted molar refractivity (Wildman–Crippen MR) is 81.4 cm³/mol. The smallest absolute Gasteiger partial charge is 0.161 e. The van der Waals surface area contributed by atoms with Crippen molar-refractivity contribution in [3.63, 3.8) is 0 Å². The molecule has 5 nitrogen and oxygen atoms in total. The summed E-state index contributed by atoms with van der Waals surface area (Å²) in [7, 11) is 3.26. The molecule has 3 rings (SSSR count). The first-order chi connectivity index (χ1) is 10.1. The molecule has 0 saturated heterocycles. The summed E-state index contributed by atoms with van der Waals surface area (Å²) in [6.07, 6.45) is 1.78. The lowest BCUT2D eigenvalue weighted by atomic mass is 10.1. The van der Waals surface area contributed by atoms with Crippen LogP contribution >= 0.6 is 0 Å². The van der Waals surface area contributed by atoms with E-state index in [1.54, 1.807) is 20.4 Å². The van der Waals surface area contributed by atoms with Gasteiger partial charge in [-0.15, -0.1) is 0 Å². The summed E-state index contributed by atoms with van der Waals surface area (Å²) >= 11 is 0. The monoisotopic (exact) mass is 283 g/mol. The molecular weight excluding hydrogens is 266 g/mol. The van der Waals surface area contributed by atoms with Crippen molar-refractivity contribution in [3.8, 4) is 17.3 Å². The predicted octanol–water partition coefficient (Wildman–Crippen LogP) is 3.05. The molecule has 0 amide bonds. The van der Waals surface area contributed by atoms with Crippen LogP contribution < -0.4 is 9.47 Å². The van der Waals surface area contributed by atoms with Crippen molar-refractivity contribution in [3.05, 3.63) is 41.9 Å². The first-order valence-corrected chi connectivity index (χ1v) is 6.68. The Morgan fingerprint density at radius 2 is 1.71 bits per heavy atom. The van der Waals surface area contributed by atoms with Crippen molar-refractivity contribution < 1.29 is 9.47 Å². The largest absolute Gasteiger partial charge is 0.493 e. The third kappa shape index (κ3) is 2.20. The number of nitrogens with zero attached hydrogens (tertiary/aromatic N) is 3. The van der Waals surface area contributed by atoms with Gasteiger partial charge >= 0.3 is 0 Å². The topological polar surface area (TPSA) is 49.2 Å². The van der Waals surface area contributed by atoms with Gasteiger partial charge in [0.25, 0.3) is 0 Å². The van der Waals surface area contributed by atoms with Crippen LogP contribution in [-0.4, -0.2) is 29.0 Å². The Morgan fingerprint density at radius 3 is 2.33 bits per heavy atom. The van der Waals surface area contributed by atoms with Gasteiger partial charge in [-0.05, 0) is 43.5 Å². The second kappa shape index (κ2) is 5.09. The third-order valence-electron chi connectivity index (χ3n) is 3.46. The highest BCUT2D eigenvalue weighted by Crippen LogP contribution is 2.34. The molecule has 0 aliphatic rings. The number of aryl methyl sites for hydroxylation is 2. The fourth-order valence-corrected chi connectivity index (χ4v) is 2.50. The van der Waals surface area contributed by atoms with Crippen LogP contribution in [0.25, 0.3) is 16.6 Å². The SMILES string of the molecule is COc1cc2ccnc(-n3nc(C)cc3C)c2cc1OC. The first-order valence-electron chi connectivity index (χ1n) is 6.68. The van der Waals surface area contributed by atoms with Crippen LogP contribution in [0.3, 0.4) is 0 Å². The summed E-state index contributed by atoms with van der Waals surface area (Å²) in [6, 6.07) is 7.87. The maximum atomic E-state index is 5.39. The number of methoxy groups -OCH3 is 2. The lowest BCUT2D eigenvalue weighted by Crippen LogP contribution is -2.03. The van der Waals surface area contributed by atoms with E-state index in [1.165, 1.54) is 0 Å². The van der Waals surface area contributed by atoms with Crippen LogP contribution in [-0.2, 0) is 0 Å². The van der Waals surface area contributed by atoms with Crippen LogP contribution in [0.1, 0.15) is 11.4 Å². The fraction of sp³-hybridized carbons (Fsp3) is 0.250. The van der Waals surface area contributed by atoms with Crippen molar-refractivity contribution in [2.24, 2.45) is 0 Å². The Labute approximate surface area is 123 Å². The van der Waals surface area contributed by atoms with Gasteiger partial charge in [0.15, 0.2) is 17.3 Å². The molecule has 0 aliphatic carbocycles. The van der Waals surface area contributed by atoms with Gasteiger partial charge in [-0.1, -0.05) is 0 Å². The minimum absolute atomic E-state index is 0.681. The van der Waals surface area contributed by atoms with E-state index < -0.39 is 0 Å². The molecular formula is C16H17N3O2. The standard InChI is InChI=1S/C16H17N3O2/c1-10-7-11(2)19(18-10)16-13-9-15(21-4)14(20-3)8-12(13)5-6-17-16/h5-9H,1-4H3. The molecule has 0 unspecified atom stereocenters. The minimum Gasteiger partial charge on any atom is -0.493 e. The highest BCUT2D eigenvalue weighted by molar-refractivity contribution is 5.91. The van der Waals surface area contributed by atoms with Crippen molar-refractivity contribution in [2.75, 3.05) is 14.2 Å². The zero-order valence-electron chi connectivity index (χ0n) is 12.5. The van der Waals surface area contributed by atoms with Gasteiger partial charge in [0.1, 0.15) is 0 Å². The average molecular weight is 283 g/mol. The van der Waals surface area contributed by atoms with Crippen molar-refractivity contribution in [2.45, 2.75) is 13.8 Å². The fourth-order valence-electron chi connectivity index (χ4n) is 2.50. The molecule has 5 heteroatoms. The Hall–Kier alpha value is -2.56. The molecule has 0 radical (unpaired) electrons. The number of hydrogen-bond donors (Lipinski definition) is 0. The van der Waals surface area contributed by atoms with Crippen LogP contribution in [0.2, 0.25) is 0 Å². The number of fused-ring (bicyclic) bond motifs is 1. The average Bonchev–Trinajstić information content (AvgIpc) is 2.83. The molecule has 0 aliphatic heterocycles. The number of ether oxygens (including phenoxy) is 2. The Balaban J connectivity index is 2.31. The molecule has 1 aromatic carbocycles. The lowest BCUT2D eigenvalue weighted by molar-refractivity contribution is 0.356. The van der Waals surface area contributed by atoms with E-state index in [9.17, 15) is 0 Å². The summed E-state index contributed by atoms with van der Waals surface area (Å²) in [5.74, 6) is 2.18. The Bertz CT molecular complexity index is 809. The van der Waals surface area contributed by atoms with Gasteiger partial charge in [-0.25, -0.2) is 9.67 Å². The molecule has 2 aromatic heterocycles. The second-order valence-corrected chi connectivity index (χ2v) is 4.90. The molecule has 0 fully saturated rings. The highest BCUT2D eigenvalue weighted by Gasteiger charge is 2.13. The summed E-state index contributed by atoms with van der Waals surface area (Å²) < 4.78 is 12.6. The van der Waals surface area contributed by atoms with E-state index in [1.807, 2.05) is 42.8 Å². The van der Waals surface area contributed by atoms with Gasteiger partial charge in [-0.3, -0.25) is 0 Å². The normalized spacial score (nSPS) is 10.9. The van der Waals surface area contributed by atoms with E-state index in [0.29, 0.717) is 11.5 Å². The van der Waals surface area contributed by atoms with E-state index >= 15 is 0 Å². The molecule has 0 spiro atoms. The van der Waals surface area contributed by atoms with Gasteiger partial charge < -0.3 is 9.47 Å². The van der Waals surface area contributed by atoms with Gasteiger partial charge in [-0.2, -0.15) is 5.10 Å². The van der Waals surface area contributed by atoms with Crippen molar-refractivity contribution in [1.82, 2.24) is 14.8 Å². The third-order valence-corrected chi connectivity index (χ3v) is 3.46. The van der Waals surface area contributed by atoms with Gasteiger partial charge in [0.05, 0.1) is 19.9 Å². The van der Waals surface area contributed by atoms with E-state index in [-0.39, 0.29) is 0 Å². The summed E-state index contributed by atoms with van der Waals surface area (Å²) in [5.41, 5.74) is 2.01. The lowest BCUT2D eigenvalue weighted by Gasteiger charge is -2.12. The Morgan fingerprint density at radius 1 is 1.00 bits per heavy atom. The zero-order chi connectivity index (χ0) is 15.0. The van der Waals surface area contributed by atoms with Crippen LogP contribution in [0.5, 0.6) is 11.5 Å². The van der Waals surface area contributed by atoms with Crippen LogP contribution in [0, 0.1) is 13.8 Å². The van der Waals surface area contributed by atoms with E-state index in [0.717, 1.165) is 28.0 Å². The molecule has 3 aromatic rings. The van der Waals surface area contributed by atoms with Crippen molar-refractivity contribution in [1.29, 1.82) is 0 Å². The molecule has 0 saturated carbocycles. The molecule has 2 heterocycles. The number of pyridine rings is 1.